The Morgan fingerprint density at radius 1 is 1.27 bits per heavy atom. The summed E-state index contributed by atoms with van der Waals surface area (Å²) in [5, 5.41) is 8.05. The molecular formula is C12H11N3. The van der Waals surface area contributed by atoms with E-state index in [0.29, 0.717) is 5.71 Å². The summed E-state index contributed by atoms with van der Waals surface area (Å²) in [6.45, 7) is 0.940. The molecule has 0 amide bonds. The third-order valence-corrected chi connectivity index (χ3v) is 2.72. The molecule has 0 atom stereocenters. The molecule has 0 unspecified atom stereocenters. The fourth-order valence-electron chi connectivity index (χ4n) is 1.95. The predicted molar refractivity (Wildman–Crippen MR) is 60.8 cm³/mol. The Bertz CT molecular complexity index is 485. The van der Waals surface area contributed by atoms with Gasteiger partial charge in [-0.05, 0) is 12.5 Å². The fourth-order valence-corrected chi connectivity index (χ4v) is 1.95. The highest BCUT2D eigenvalue weighted by atomic mass is 15.2. The molecule has 0 bridgehead atoms. The van der Waals surface area contributed by atoms with E-state index in [4.69, 9.17) is 5.41 Å². The van der Waals surface area contributed by atoms with Gasteiger partial charge in [0.2, 0.25) is 0 Å². The summed E-state index contributed by atoms with van der Waals surface area (Å²) < 4.78 is 0. The number of benzene rings is 1. The maximum absolute atomic E-state index is 8.05. The Hall–Kier alpha value is -1.90. The van der Waals surface area contributed by atoms with Crippen LogP contribution in [0.3, 0.4) is 0 Å². The second kappa shape index (κ2) is 3.05. The minimum atomic E-state index is 0.539. The molecule has 2 aliphatic rings. The van der Waals surface area contributed by atoms with Gasteiger partial charge in [-0.25, -0.2) is 4.99 Å². The van der Waals surface area contributed by atoms with Gasteiger partial charge in [-0.15, -0.1) is 0 Å². The van der Waals surface area contributed by atoms with E-state index in [0.717, 1.165) is 30.1 Å². The normalized spacial score (nSPS) is 18.3. The number of aliphatic imine (C=N–C) groups is 1. The summed E-state index contributed by atoms with van der Waals surface area (Å²) in [5.41, 5.74) is 2.39. The maximum Gasteiger partial charge on any atom is 0.159 e. The Morgan fingerprint density at radius 3 is 2.87 bits per heavy atom. The molecule has 74 valence electrons. The molecule has 0 saturated heterocycles. The zero-order valence-electron chi connectivity index (χ0n) is 8.27. The van der Waals surface area contributed by atoms with Gasteiger partial charge in [0.15, 0.2) is 5.84 Å². The van der Waals surface area contributed by atoms with Gasteiger partial charge in [-0.1, -0.05) is 24.3 Å². The molecule has 0 aliphatic carbocycles. The molecular weight excluding hydrogens is 186 g/mol. The zero-order chi connectivity index (χ0) is 10.3. The van der Waals surface area contributed by atoms with Crippen LogP contribution in [0.5, 0.6) is 0 Å². The van der Waals surface area contributed by atoms with Crippen LogP contribution in [0.15, 0.2) is 41.5 Å². The van der Waals surface area contributed by atoms with Gasteiger partial charge in [0.25, 0.3) is 0 Å². The summed E-state index contributed by atoms with van der Waals surface area (Å²) in [4.78, 5) is 6.53. The van der Waals surface area contributed by atoms with Gasteiger partial charge in [-0.2, -0.15) is 0 Å². The van der Waals surface area contributed by atoms with Crippen LogP contribution in [-0.4, -0.2) is 23.0 Å². The van der Waals surface area contributed by atoms with E-state index in [-0.39, 0.29) is 0 Å². The lowest BCUT2D eigenvalue weighted by atomic mass is 10.1. The van der Waals surface area contributed by atoms with Crippen molar-refractivity contribution in [3.05, 3.63) is 42.1 Å². The summed E-state index contributed by atoms with van der Waals surface area (Å²) in [6.07, 6.45) is 5.17. The first-order valence-electron chi connectivity index (χ1n) is 5.06. The minimum absolute atomic E-state index is 0.539. The molecule has 3 nitrogen and oxygen atoms in total. The first-order valence-corrected chi connectivity index (χ1v) is 5.06. The average molecular weight is 197 g/mol. The van der Waals surface area contributed by atoms with E-state index in [1.807, 2.05) is 35.4 Å². The van der Waals surface area contributed by atoms with Crippen molar-refractivity contribution < 1.29 is 0 Å². The monoisotopic (exact) mass is 197 g/mol. The van der Waals surface area contributed by atoms with E-state index < -0.39 is 0 Å². The highest BCUT2D eigenvalue weighted by Crippen LogP contribution is 2.27. The molecule has 2 heterocycles. The van der Waals surface area contributed by atoms with E-state index in [1.165, 1.54) is 0 Å². The van der Waals surface area contributed by atoms with Gasteiger partial charge >= 0.3 is 0 Å². The molecule has 3 rings (SSSR count). The molecule has 0 aromatic heterocycles. The number of nitrogens with zero attached hydrogens (tertiary/aromatic N) is 2. The van der Waals surface area contributed by atoms with Crippen LogP contribution in [0.1, 0.15) is 12.0 Å². The standard InChI is InChI=1S/C12H11N3/c13-11-9-5-1-2-6-10(9)14-12(11)15-7-3-4-8-15/h1-3,5-7,13H,4,8H2. The van der Waals surface area contributed by atoms with Gasteiger partial charge in [0.1, 0.15) is 5.71 Å². The lowest BCUT2D eigenvalue weighted by Crippen LogP contribution is -2.28. The third-order valence-electron chi connectivity index (χ3n) is 2.72. The summed E-state index contributed by atoms with van der Waals surface area (Å²) in [5.74, 6) is 0.782. The summed E-state index contributed by atoms with van der Waals surface area (Å²) in [7, 11) is 0. The molecule has 3 heteroatoms. The van der Waals surface area contributed by atoms with Crippen LogP contribution in [-0.2, 0) is 0 Å². The average Bonchev–Trinajstić information content (AvgIpc) is 2.87. The molecule has 1 aromatic carbocycles. The summed E-state index contributed by atoms with van der Waals surface area (Å²) in [6, 6.07) is 7.81. The van der Waals surface area contributed by atoms with E-state index in [9.17, 15) is 0 Å². The number of nitrogens with one attached hydrogen (secondary N) is 1. The fraction of sp³-hybridized carbons (Fsp3) is 0.167. The minimum Gasteiger partial charge on any atom is -0.331 e. The number of rotatable bonds is 0. The largest absolute Gasteiger partial charge is 0.331 e. The molecule has 0 spiro atoms. The Balaban J connectivity index is 2.02. The Kier molecular flexibility index (Phi) is 1.71. The highest BCUT2D eigenvalue weighted by Gasteiger charge is 2.25. The van der Waals surface area contributed by atoms with Crippen LogP contribution < -0.4 is 0 Å². The Labute approximate surface area is 88.3 Å². The maximum atomic E-state index is 8.05. The molecule has 0 radical (unpaired) electrons. The van der Waals surface area contributed by atoms with Crippen molar-refractivity contribution in [1.82, 2.24) is 4.90 Å². The third kappa shape index (κ3) is 1.20. The number of fused-ring (bicyclic) bond motifs is 1. The molecule has 0 saturated carbocycles. The van der Waals surface area contributed by atoms with E-state index >= 15 is 0 Å². The Morgan fingerprint density at radius 2 is 2.13 bits per heavy atom. The lowest BCUT2D eigenvalue weighted by molar-refractivity contribution is 0.610. The summed E-state index contributed by atoms with van der Waals surface area (Å²) >= 11 is 0. The van der Waals surface area contributed by atoms with Crippen LogP contribution in [0.25, 0.3) is 0 Å². The van der Waals surface area contributed by atoms with Crippen molar-refractivity contribution in [2.75, 3.05) is 6.54 Å². The quantitative estimate of drug-likeness (QED) is 0.681. The topological polar surface area (TPSA) is 39.5 Å². The van der Waals surface area contributed by atoms with Crippen molar-refractivity contribution in [2.24, 2.45) is 4.99 Å². The molecule has 2 aliphatic heterocycles. The molecule has 1 aromatic rings. The van der Waals surface area contributed by atoms with Crippen molar-refractivity contribution in [2.45, 2.75) is 6.42 Å². The molecule has 15 heavy (non-hydrogen) atoms. The first-order chi connectivity index (χ1) is 7.36. The number of hydrogen-bond acceptors (Lipinski definition) is 3. The SMILES string of the molecule is N=C1C(N2C=CCC2)=Nc2ccccc21. The highest BCUT2D eigenvalue weighted by molar-refractivity contribution is 6.50. The van der Waals surface area contributed by atoms with Gasteiger partial charge < -0.3 is 4.90 Å². The smallest absolute Gasteiger partial charge is 0.159 e. The predicted octanol–water partition coefficient (Wildman–Crippen LogP) is 2.32. The van der Waals surface area contributed by atoms with E-state index in [1.54, 1.807) is 0 Å². The lowest BCUT2D eigenvalue weighted by Gasteiger charge is -2.14. The first kappa shape index (κ1) is 8.41. The van der Waals surface area contributed by atoms with Crippen LogP contribution in [0.4, 0.5) is 5.69 Å². The zero-order valence-corrected chi connectivity index (χ0v) is 8.27. The second-order valence-electron chi connectivity index (χ2n) is 3.69. The van der Waals surface area contributed by atoms with Crippen molar-refractivity contribution in [3.63, 3.8) is 0 Å². The molecule has 1 N–H and O–H groups in total. The second-order valence-corrected chi connectivity index (χ2v) is 3.69. The van der Waals surface area contributed by atoms with Crippen LogP contribution >= 0.6 is 0 Å². The van der Waals surface area contributed by atoms with Crippen LogP contribution in [0, 0.1) is 5.41 Å². The van der Waals surface area contributed by atoms with Gasteiger partial charge in [0, 0.05) is 18.3 Å². The van der Waals surface area contributed by atoms with Crippen molar-refractivity contribution in [3.8, 4) is 0 Å². The number of hydrogen-bond donors (Lipinski definition) is 1. The number of amidine groups is 1. The number of para-hydroxylation sites is 1. The van der Waals surface area contributed by atoms with Crippen molar-refractivity contribution >= 4 is 17.2 Å². The van der Waals surface area contributed by atoms with Crippen LogP contribution in [0.2, 0.25) is 0 Å². The van der Waals surface area contributed by atoms with E-state index in [2.05, 4.69) is 11.1 Å². The molecule has 0 fully saturated rings. The van der Waals surface area contributed by atoms with Gasteiger partial charge in [-0.3, -0.25) is 5.41 Å². The van der Waals surface area contributed by atoms with Crippen molar-refractivity contribution in [1.29, 1.82) is 5.41 Å². The van der Waals surface area contributed by atoms with Gasteiger partial charge in [0.05, 0.1) is 5.69 Å².